The number of benzene rings is 1. The molecule has 9 heteroatoms. The smallest absolute Gasteiger partial charge is 0.409 e. The van der Waals surface area contributed by atoms with Gasteiger partial charge in [-0.15, -0.1) is 0 Å². The molecule has 0 saturated carbocycles. The predicted molar refractivity (Wildman–Crippen MR) is 109 cm³/mol. The summed E-state index contributed by atoms with van der Waals surface area (Å²) in [5, 5.41) is 0.838. The molecule has 0 radical (unpaired) electrons. The van der Waals surface area contributed by atoms with Crippen molar-refractivity contribution in [1.29, 1.82) is 0 Å². The van der Waals surface area contributed by atoms with E-state index in [2.05, 4.69) is 9.88 Å². The van der Waals surface area contributed by atoms with Gasteiger partial charge < -0.3 is 14.5 Å². The third-order valence-corrected chi connectivity index (χ3v) is 7.44. The number of pyridine rings is 1. The monoisotopic (exact) mass is 418 g/mol. The van der Waals surface area contributed by atoms with E-state index in [1.165, 1.54) is 0 Å². The van der Waals surface area contributed by atoms with E-state index in [0.29, 0.717) is 51.4 Å². The van der Waals surface area contributed by atoms with Crippen molar-refractivity contribution in [2.75, 3.05) is 52.4 Å². The van der Waals surface area contributed by atoms with Crippen molar-refractivity contribution < 1.29 is 17.9 Å². The minimum Gasteiger partial charge on any atom is -0.448 e. The maximum atomic E-state index is 13.2. The molecular formula is C20H26N4O4S. The third-order valence-electron chi connectivity index (χ3n) is 5.51. The number of cyclic esters (lactones) is 1. The maximum absolute atomic E-state index is 13.2. The van der Waals surface area contributed by atoms with Crippen molar-refractivity contribution in [3.63, 3.8) is 0 Å². The first-order valence-corrected chi connectivity index (χ1v) is 11.4. The largest absolute Gasteiger partial charge is 0.448 e. The Labute approximate surface area is 171 Å². The van der Waals surface area contributed by atoms with E-state index < -0.39 is 10.0 Å². The number of nitrogens with zero attached hydrogens (tertiary/aromatic N) is 4. The summed E-state index contributed by atoms with van der Waals surface area (Å²) in [4.78, 5) is 20.1. The number of ether oxygens (including phenoxy) is 1. The van der Waals surface area contributed by atoms with E-state index >= 15 is 0 Å². The van der Waals surface area contributed by atoms with Crippen LogP contribution in [0.1, 0.15) is 12.0 Å². The molecule has 1 amide bonds. The van der Waals surface area contributed by atoms with Crippen molar-refractivity contribution >= 4 is 27.0 Å². The number of piperazine rings is 1. The third kappa shape index (κ3) is 4.22. The van der Waals surface area contributed by atoms with Gasteiger partial charge in [-0.2, -0.15) is 4.31 Å². The molecule has 2 aliphatic heterocycles. The van der Waals surface area contributed by atoms with E-state index in [1.54, 1.807) is 27.5 Å². The van der Waals surface area contributed by atoms with Gasteiger partial charge in [-0.3, -0.25) is 4.98 Å². The molecule has 1 aromatic carbocycles. The predicted octanol–water partition coefficient (Wildman–Crippen LogP) is 1.69. The van der Waals surface area contributed by atoms with Crippen LogP contribution in [0.5, 0.6) is 0 Å². The van der Waals surface area contributed by atoms with Gasteiger partial charge in [0.05, 0.1) is 12.1 Å². The fourth-order valence-electron chi connectivity index (χ4n) is 3.90. The minimum atomic E-state index is -3.59. The minimum absolute atomic E-state index is 0.236. The lowest BCUT2D eigenvalue weighted by atomic mass is 10.2. The Morgan fingerprint density at radius 2 is 1.90 bits per heavy atom. The Morgan fingerprint density at radius 3 is 2.62 bits per heavy atom. The van der Waals surface area contributed by atoms with E-state index in [4.69, 9.17) is 4.74 Å². The first-order valence-electron chi connectivity index (χ1n) is 9.95. The highest BCUT2D eigenvalue weighted by Gasteiger charge is 2.30. The van der Waals surface area contributed by atoms with Gasteiger partial charge in [0, 0.05) is 44.3 Å². The summed E-state index contributed by atoms with van der Waals surface area (Å²) in [5.74, 6) is 0. The molecule has 156 valence electrons. The molecule has 2 aromatic rings. The standard InChI is InChI=1S/C20H26N4O4S/c1-16-14-17-4-2-5-18(19(17)21-15-16)29(26,27)24-10-8-22(9-11-24)6-3-7-23-12-13-28-20(23)25/h2,4-5,14-15H,3,6-13H2,1H3. The van der Waals surface area contributed by atoms with Crippen LogP contribution < -0.4 is 0 Å². The molecule has 0 bridgehead atoms. The topological polar surface area (TPSA) is 83.1 Å². The van der Waals surface area contributed by atoms with Crippen LogP contribution in [0, 0.1) is 6.92 Å². The molecule has 0 atom stereocenters. The Kier molecular flexibility index (Phi) is 5.71. The Morgan fingerprint density at radius 1 is 1.10 bits per heavy atom. The number of hydrogen-bond acceptors (Lipinski definition) is 6. The summed E-state index contributed by atoms with van der Waals surface area (Å²) in [6.45, 7) is 6.86. The van der Waals surface area contributed by atoms with Gasteiger partial charge in [-0.05, 0) is 37.6 Å². The van der Waals surface area contributed by atoms with E-state index in [0.717, 1.165) is 23.9 Å². The van der Waals surface area contributed by atoms with E-state index in [1.807, 2.05) is 19.1 Å². The molecule has 29 heavy (non-hydrogen) atoms. The van der Waals surface area contributed by atoms with Crippen molar-refractivity contribution in [2.24, 2.45) is 0 Å². The number of rotatable bonds is 6. The molecule has 0 N–H and O–H groups in total. The molecule has 2 fully saturated rings. The maximum Gasteiger partial charge on any atom is 0.409 e. The summed E-state index contributed by atoms with van der Waals surface area (Å²) in [7, 11) is -3.59. The first-order chi connectivity index (χ1) is 13.9. The van der Waals surface area contributed by atoms with E-state index in [-0.39, 0.29) is 11.0 Å². The lowest BCUT2D eigenvalue weighted by Crippen LogP contribution is -2.49. The molecule has 0 spiro atoms. The molecule has 1 aromatic heterocycles. The average molecular weight is 419 g/mol. The Bertz CT molecular complexity index is 1000. The van der Waals surface area contributed by atoms with E-state index in [9.17, 15) is 13.2 Å². The van der Waals surface area contributed by atoms with Gasteiger partial charge in [-0.1, -0.05) is 12.1 Å². The van der Waals surface area contributed by atoms with Crippen LogP contribution in [0.2, 0.25) is 0 Å². The van der Waals surface area contributed by atoms with Crippen LogP contribution in [0.3, 0.4) is 0 Å². The highest BCUT2D eigenvalue weighted by Crippen LogP contribution is 2.25. The lowest BCUT2D eigenvalue weighted by Gasteiger charge is -2.34. The summed E-state index contributed by atoms with van der Waals surface area (Å²) in [6.07, 6.45) is 2.32. The zero-order chi connectivity index (χ0) is 20.4. The van der Waals surface area contributed by atoms with Gasteiger partial charge in [0.2, 0.25) is 10.0 Å². The van der Waals surface area contributed by atoms with Crippen molar-refractivity contribution in [1.82, 2.24) is 19.1 Å². The van der Waals surface area contributed by atoms with Crippen LogP contribution in [0.25, 0.3) is 10.9 Å². The second kappa shape index (κ2) is 8.25. The number of hydrogen-bond donors (Lipinski definition) is 0. The molecule has 3 heterocycles. The second-order valence-corrected chi connectivity index (χ2v) is 9.45. The van der Waals surface area contributed by atoms with Gasteiger partial charge in [0.25, 0.3) is 0 Å². The number of carbonyl (C=O) groups excluding carboxylic acids is 1. The van der Waals surface area contributed by atoms with Crippen LogP contribution >= 0.6 is 0 Å². The molecule has 2 aliphatic rings. The molecule has 0 aliphatic carbocycles. The van der Waals surface area contributed by atoms with Crippen LogP contribution in [0.15, 0.2) is 35.4 Å². The Balaban J connectivity index is 1.37. The fourth-order valence-corrected chi connectivity index (χ4v) is 5.49. The van der Waals surface area contributed by atoms with Crippen LogP contribution in [0.4, 0.5) is 4.79 Å². The summed E-state index contributed by atoms with van der Waals surface area (Å²) in [6, 6.07) is 7.26. The fraction of sp³-hybridized carbons (Fsp3) is 0.500. The number of aromatic nitrogens is 1. The van der Waals surface area contributed by atoms with Crippen molar-refractivity contribution in [2.45, 2.75) is 18.2 Å². The normalized spacial score (nSPS) is 19.1. The van der Waals surface area contributed by atoms with Gasteiger partial charge in [0.15, 0.2) is 0 Å². The molecule has 0 unspecified atom stereocenters. The number of para-hydroxylation sites is 1. The highest BCUT2D eigenvalue weighted by atomic mass is 32.2. The van der Waals surface area contributed by atoms with Gasteiger partial charge >= 0.3 is 6.09 Å². The lowest BCUT2D eigenvalue weighted by molar-refractivity contribution is 0.153. The summed E-state index contributed by atoms with van der Waals surface area (Å²) in [5.41, 5.74) is 1.53. The number of sulfonamides is 1. The highest BCUT2D eigenvalue weighted by molar-refractivity contribution is 7.89. The molecule has 4 rings (SSSR count). The zero-order valence-corrected chi connectivity index (χ0v) is 17.4. The quantitative estimate of drug-likeness (QED) is 0.710. The van der Waals surface area contributed by atoms with Crippen LogP contribution in [-0.4, -0.2) is 86.0 Å². The van der Waals surface area contributed by atoms with Crippen molar-refractivity contribution in [3.8, 4) is 0 Å². The van der Waals surface area contributed by atoms with Gasteiger partial charge in [0.1, 0.15) is 11.5 Å². The van der Waals surface area contributed by atoms with Gasteiger partial charge in [-0.25, -0.2) is 13.2 Å². The number of amides is 1. The zero-order valence-electron chi connectivity index (χ0n) is 16.6. The van der Waals surface area contributed by atoms with Crippen molar-refractivity contribution in [3.05, 3.63) is 36.0 Å². The number of fused-ring (bicyclic) bond motifs is 1. The van der Waals surface area contributed by atoms with Crippen LogP contribution in [-0.2, 0) is 14.8 Å². The number of carbonyl (C=O) groups is 1. The number of aryl methyl sites for hydroxylation is 1. The first kappa shape index (κ1) is 20.1. The SMILES string of the molecule is Cc1cnc2c(S(=O)(=O)N3CCN(CCCN4CCOC4=O)CC3)cccc2c1. The summed E-state index contributed by atoms with van der Waals surface area (Å²) < 4.78 is 32.9. The summed E-state index contributed by atoms with van der Waals surface area (Å²) >= 11 is 0. The average Bonchev–Trinajstić information content (AvgIpc) is 3.12. The Hall–Kier alpha value is -2.23. The molecule has 2 saturated heterocycles. The second-order valence-electron chi connectivity index (χ2n) is 7.54. The molecular weight excluding hydrogens is 392 g/mol. The molecule has 8 nitrogen and oxygen atoms in total.